The molecule has 1 aromatic rings. The monoisotopic (exact) mass is 244 g/mol. The van der Waals surface area contributed by atoms with Crippen LogP contribution in [0.25, 0.3) is 0 Å². The Kier molecular flexibility index (Phi) is 4.06. The maximum Gasteiger partial charge on any atom is 0.0670 e. The van der Waals surface area contributed by atoms with E-state index in [1.165, 1.54) is 19.4 Å². The fourth-order valence-corrected chi connectivity index (χ4v) is 2.43. The number of nitrogens with two attached hydrogens (primary N) is 1. The van der Waals surface area contributed by atoms with Gasteiger partial charge in [-0.2, -0.15) is 5.26 Å². The molecule has 1 aromatic carbocycles. The number of hydrogen-bond donors (Lipinski definition) is 2. The molecule has 0 aromatic heterocycles. The second-order valence-electron chi connectivity index (χ2n) is 4.91. The first kappa shape index (κ1) is 12.7. The number of likely N-dealkylation sites (N-methyl/N-ethyl adjacent to an activating group) is 1. The number of anilines is 2. The third-order valence-electron chi connectivity index (χ3n) is 3.63. The first-order valence-corrected chi connectivity index (χ1v) is 6.40. The van der Waals surface area contributed by atoms with Crippen molar-refractivity contribution in [1.82, 2.24) is 4.90 Å². The molecule has 0 saturated carbocycles. The van der Waals surface area contributed by atoms with Gasteiger partial charge in [-0.3, -0.25) is 0 Å². The molecule has 0 aliphatic carbocycles. The Morgan fingerprint density at radius 3 is 3.06 bits per heavy atom. The molecule has 1 aliphatic heterocycles. The summed E-state index contributed by atoms with van der Waals surface area (Å²) >= 11 is 0. The fraction of sp³-hybridized carbons (Fsp3) is 0.500. The Balaban J connectivity index is 1.97. The van der Waals surface area contributed by atoms with E-state index >= 15 is 0 Å². The third kappa shape index (κ3) is 2.93. The highest BCUT2D eigenvalue weighted by Gasteiger charge is 2.20. The molecule has 0 spiro atoms. The fourth-order valence-electron chi connectivity index (χ4n) is 2.43. The van der Waals surface area contributed by atoms with Crippen LogP contribution in [0.4, 0.5) is 11.4 Å². The summed E-state index contributed by atoms with van der Waals surface area (Å²) in [4.78, 5) is 2.39. The van der Waals surface area contributed by atoms with Crippen molar-refractivity contribution in [3.63, 3.8) is 0 Å². The van der Waals surface area contributed by atoms with E-state index in [-0.39, 0.29) is 0 Å². The molecule has 0 radical (unpaired) electrons. The molecule has 0 amide bonds. The van der Waals surface area contributed by atoms with Crippen LogP contribution in [0, 0.1) is 11.3 Å². The minimum atomic E-state index is 0.366. The van der Waals surface area contributed by atoms with Gasteiger partial charge in [-0.1, -0.05) is 0 Å². The highest BCUT2D eigenvalue weighted by atomic mass is 15.2. The number of benzene rings is 1. The van der Waals surface area contributed by atoms with E-state index in [1.807, 2.05) is 18.2 Å². The zero-order valence-electron chi connectivity index (χ0n) is 10.8. The van der Waals surface area contributed by atoms with Gasteiger partial charge in [0, 0.05) is 24.0 Å². The van der Waals surface area contributed by atoms with E-state index in [9.17, 15) is 0 Å². The van der Waals surface area contributed by atoms with E-state index in [0.717, 1.165) is 17.8 Å². The second kappa shape index (κ2) is 5.74. The van der Waals surface area contributed by atoms with Gasteiger partial charge in [-0.15, -0.1) is 0 Å². The first-order valence-electron chi connectivity index (χ1n) is 6.40. The number of nitriles is 1. The zero-order valence-corrected chi connectivity index (χ0v) is 10.8. The second-order valence-corrected chi connectivity index (χ2v) is 4.91. The summed E-state index contributed by atoms with van der Waals surface area (Å²) in [6.07, 6.45) is 2.90. The highest BCUT2D eigenvalue weighted by Crippen LogP contribution is 2.20. The summed E-state index contributed by atoms with van der Waals surface area (Å²) in [7, 11) is 2.17. The van der Waals surface area contributed by atoms with Crippen LogP contribution < -0.4 is 11.1 Å². The molecule has 1 atom stereocenters. The van der Waals surface area contributed by atoms with E-state index in [0.29, 0.717) is 18.2 Å². The molecule has 1 heterocycles. The molecule has 2 rings (SSSR count). The lowest BCUT2D eigenvalue weighted by Crippen LogP contribution is -2.31. The van der Waals surface area contributed by atoms with E-state index in [4.69, 9.17) is 11.0 Å². The number of likely N-dealkylation sites (tertiary alicyclic amines) is 1. The minimum Gasteiger partial charge on any atom is -0.398 e. The van der Waals surface area contributed by atoms with Gasteiger partial charge in [0.25, 0.3) is 0 Å². The average molecular weight is 244 g/mol. The Hall–Kier alpha value is -1.73. The van der Waals surface area contributed by atoms with Gasteiger partial charge in [0.15, 0.2) is 0 Å². The molecule has 4 heteroatoms. The highest BCUT2D eigenvalue weighted by molar-refractivity contribution is 5.58. The smallest absolute Gasteiger partial charge is 0.0670 e. The Morgan fingerprint density at radius 1 is 1.56 bits per heavy atom. The van der Waals surface area contributed by atoms with Gasteiger partial charge in [-0.25, -0.2) is 0 Å². The van der Waals surface area contributed by atoms with Gasteiger partial charge in [0.1, 0.15) is 0 Å². The molecular weight excluding hydrogens is 224 g/mol. The van der Waals surface area contributed by atoms with Gasteiger partial charge in [0.05, 0.1) is 12.5 Å². The summed E-state index contributed by atoms with van der Waals surface area (Å²) in [6, 6.07) is 8.58. The maximum atomic E-state index is 8.74. The third-order valence-corrected chi connectivity index (χ3v) is 3.63. The van der Waals surface area contributed by atoms with Crippen molar-refractivity contribution in [2.24, 2.45) is 0 Å². The average Bonchev–Trinajstić information content (AvgIpc) is 2.76. The number of nitrogen functional groups attached to an aromatic ring is 1. The van der Waals surface area contributed by atoms with Gasteiger partial charge in [-0.05, 0) is 50.2 Å². The van der Waals surface area contributed by atoms with Crippen LogP contribution in [0.3, 0.4) is 0 Å². The first-order chi connectivity index (χ1) is 8.70. The van der Waals surface area contributed by atoms with Crippen molar-refractivity contribution in [3.8, 4) is 6.07 Å². The van der Waals surface area contributed by atoms with Gasteiger partial charge < -0.3 is 16.0 Å². The van der Waals surface area contributed by atoms with Crippen molar-refractivity contribution >= 4 is 11.4 Å². The largest absolute Gasteiger partial charge is 0.398 e. The SMILES string of the molecule is CN1CCCC1CNc1ccc(N)c(CC#N)c1. The van der Waals surface area contributed by atoms with Crippen molar-refractivity contribution in [3.05, 3.63) is 23.8 Å². The van der Waals surface area contributed by atoms with Crippen LogP contribution in [0.2, 0.25) is 0 Å². The quantitative estimate of drug-likeness (QED) is 0.793. The molecule has 1 aliphatic rings. The molecule has 3 N–H and O–H groups in total. The van der Waals surface area contributed by atoms with Crippen LogP contribution in [-0.4, -0.2) is 31.1 Å². The van der Waals surface area contributed by atoms with Crippen molar-refractivity contribution in [1.29, 1.82) is 5.26 Å². The van der Waals surface area contributed by atoms with Gasteiger partial charge >= 0.3 is 0 Å². The van der Waals surface area contributed by atoms with Crippen molar-refractivity contribution < 1.29 is 0 Å². The van der Waals surface area contributed by atoms with Gasteiger partial charge in [0.2, 0.25) is 0 Å². The number of nitrogens with zero attached hydrogens (tertiary/aromatic N) is 2. The zero-order chi connectivity index (χ0) is 13.0. The maximum absolute atomic E-state index is 8.74. The normalized spacial score (nSPS) is 19.7. The summed E-state index contributed by atoms with van der Waals surface area (Å²) < 4.78 is 0. The Morgan fingerprint density at radius 2 is 2.39 bits per heavy atom. The molecule has 96 valence electrons. The molecular formula is C14H20N4. The van der Waals surface area contributed by atoms with E-state index < -0.39 is 0 Å². The lowest BCUT2D eigenvalue weighted by atomic mass is 10.1. The van der Waals surface area contributed by atoms with Crippen LogP contribution in [0.1, 0.15) is 18.4 Å². The number of hydrogen-bond acceptors (Lipinski definition) is 4. The van der Waals surface area contributed by atoms with Crippen molar-refractivity contribution in [2.75, 3.05) is 31.2 Å². The molecule has 1 unspecified atom stereocenters. The Labute approximate surface area is 108 Å². The summed E-state index contributed by atoms with van der Waals surface area (Å²) in [5.74, 6) is 0. The molecule has 18 heavy (non-hydrogen) atoms. The number of rotatable bonds is 4. The molecule has 4 nitrogen and oxygen atoms in total. The molecule has 1 fully saturated rings. The van der Waals surface area contributed by atoms with E-state index in [1.54, 1.807) is 0 Å². The summed E-state index contributed by atoms with van der Waals surface area (Å²) in [5, 5.41) is 12.2. The predicted octanol–water partition coefficient (Wildman–Crippen LogP) is 1.84. The van der Waals surface area contributed by atoms with Crippen LogP contribution in [0.5, 0.6) is 0 Å². The lowest BCUT2D eigenvalue weighted by molar-refractivity contribution is 0.322. The Bertz CT molecular complexity index is 450. The molecule has 0 bridgehead atoms. The summed E-state index contributed by atoms with van der Waals surface area (Å²) in [5.41, 5.74) is 8.48. The van der Waals surface area contributed by atoms with Crippen molar-refractivity contribution in [2.45, 2.75) is 25.3 Å². The molecule has 1 saturated heterocycles. The topological polar surface area (TPSA) is 65.1 Å². The summed E-state index contributed by atoms with van der Waals surface area (Å²) in [6.45, 7) is 2.14. The van der Waals surface area contributed by atoms with Crippen LogP contribution >= 0.6 is 0 Å². The standard InChI is InChI=1S/C14H20N4/c1-18-8-2-3-13(18)10-17-12-4-5-14(16)11(9-12)6-7-15/h4-5,9,13,17H,2-3,6,8,10,16H2,1H3. The van der Waals surface area contributed by atoms with E-state index in [2.05, 4.69) is 23.3 Å². The predicted molar refractivity (Wildman–Crippen MR) is 74.3 cm³/mol. The minimum absolute atomic E-state index is 0.366. The lowest BCUT2D eigenvalue weighted by Gasteiger charge is -2.20. The van der Waals surface area contributed by atoms with Crippen LogP contribution in [-0.2, 0) is 6.42 Å². The van der Waals surface area contributed by atoms with Crippen LogP contribution in [0.15, 0.2) is 18.2 Å². The number of nitrogens with one attached hydrogen (secondary N) is 1.